The molecule has 0 aromatic carbocycles. The maximum absolute atomic E-state index is 12.4. The fraction of sp³-hybridized carbons (Fsp3) is 0.929. The maximum Gasteiger partial charge on any atom is 0.228 e. The Morgan fingerprint density at radius 3 is 2.24 bits per heavy atom. The van der Waals surface area contributed by atoms with Gasteiger partial charge in [0.1, 0.15) is 0 Å². The molecule has 0 aromatic rings. The van der Waals surface area contributed by atoms with Gasteiger partial charge in [0.2, 0.25) is 5.91 Å². The number of rotatable bonds is 2. The van der Waals surface area contributed by atoms with Gasteiger partial charge in [0.15, 0.2) is 0 Å². The number of fused-ring (bicyclic) bond motifs is 1. The van der Waals surface area contributed by atoms with Gasteiger partial charge < -0.3 is 10.2 Å². The highest BCUT2D eigenvalue weighted by molar-refractivity contribution is 5.81. The summed E-state index contributed by atoms with van der Waals surface area (Å²) in [6, 6.07) is 0. The lowest BCUT2D eigenvalue weighted by molar-refractivity contribution is -0.140. The topological polar surface area (TPSA) is 32.3 Å². The van der Waals surface area contributed by atoms with Gasteiger partial charge in [-0.15, -0.1) is 0 Å². The van der Waals surface area contributed by atoms with Crippen LogP contribution in [0.25, 0.3) is 0 Å². The summed E-state index contributed by atoms with van der Waals surface area (Å²) in [6.07, 6.45) is 3.29. The van der Waals surface area contributed by atoms with E-state index in [9.17, 15) is 4.79 Å². The van der Waals surface area contributed by atoms with Crippen molar-refractivity contribution in [3.05, 3.63) is 0 Å². The molecule has 0 unspecified atom stereocenters. The minimum Gasteiger partial charge on any atom is -0.342 e. The van der Waals surface area contributed by atoms with Crippen LogP contribution in [-0.2, 0) is 4.79 Å². The van der Waals surface area contributed by atoms with Gasteiger partial charge >= 0.3 is 0 Å². The van der Waals surface area contributed by atoms with Crippen molar-refractivity contribution in [2.45, 2.75) is 40.0 Å². The van der Waals surface area contributed by atoms with Crippen LogP contribution in [-0.4, -0.2) is 37.0 Å². The highest BCUT2D eigenvalue weighted by Crippen LogP contribution is 2.30. The molecule has 1 amide bonds. The van der Waals surface area contributed by atoms with E-state index in [1.54, 1.807) is 0 Å². The van der Waals surface area contributed by atoms with Crippen molar-refractivity contribution in [3.63, 3.8) is 0 Å². The fourth-order valence-electron chi connectivity index (χ4n) is 3.00. The average molecular weight is 238 g/mol. The Bertz CT molecular complexity index is 274. The van der Waals surface area contributed by atoms with E-state index >= 15 is 0 Å². The molecule has 0 bridgehead atoms. The average Bonchev–Trinajstić information content (AvgIpc) is 2.67. The van der Waals surface area contributed by atoms with Crippen molar-refractivity contribution in [2.75, 3.05) is 26.2 Å². The highest BCUT2D eigenvalue weighted by atomic mass is 16.2. The predicted octanol–water partition coefficient (Wildman–Crippen LogP) is 1.88. The molecule has 0 aliphatic carbocycles. The van der Waals surface area contributed by atoms with Crippen molar-refractivity contribution in [1.82, 2.24) is 10.2 Å². The summed E-state index contributed by atoms with van der Waals surface area (Å²) in [6.45, 7) is 10.5. The minimum absolute atomic E-state index is 0.183. The van der Waals surface area contributed by atoms with Gasteiger partial charge in [0.05, 0.1) is 0 Å². The van der Waals surface area contributed by atoms with Crippen molar-refractivity contribution in [2.24, 2.45) is 17.3 Å². The van der Waals surface area contributed by atoms with Crippen molar-refractivity contribution < 1.29 is 4.79 Å². The molecule has 3 nitrogen and oxygen atoms in total. The van der Waals surface area contributed by atoms with Crippen molar-refractivity contribution in [1.29, 1.82) is 0 Å². The van der Waals surface area contributed by atoms with Gasteiger partial charge in [-0.25, -0.2) is 0 Å². The number of likely N-dealkylation sites (tertiary alicyclic amines) is 1. The molecule has 98 valence electrons. The molecule has 2 aliphatic rings. The van der Waals surface area contributed by atoms with Crippen LogP contribution in [0.5, 0.6) is 0 Å². The lowest BCUT2D eigenvalue weighted by atomic mass is 9.88. The second kappa shape index (κ2) is 4.97. The van der Waals surface area contributed by atoms with Crippen LogP contribution in [0.4, 0.5) is 0 Å². The molecule has 3 heteroatoms. The van der Waals surface area contributed by atoms with Crippen LogP contribution in [0.3, 0.4) is 0 Å². The van der Waals surface area contributed by atoms with Gasteiger partial charge in [0, 0.05) is 18.5 Å². The Hall–Kier alpha value is -0.570. The van der Waals surface area contributed by atoms with Gasteiger partial charge in [-0.05, 0) is 44.2 Å². The Labute approximate surface area is 105 Å². The fourth-order valence-corrected chi connectivity index (χ4v) is 3.00. The molecule has 1 N–H and O–H groups in total. The molecular formula is C14H26N2O. The van der Waals surface area contributed by atoms with Crippen LogP contribution in [0.15, 0.2) is 0 Å². The number of amides is 1. The van der Waals surface area contributed by atoms with Crippen molar-refractivity contribution >= 4 is 5.91 Å². The van der Waals surface area contributed by atoms with E-state index in [-0.39, 0.29) is 5.41 Å². The summed E-state index contributed by atoms with van der Waals surface area (Å²) in [5.74, 6) is 1.96. The standard InChI is InChI=1S/C14H26N2O/c1-4-14(2,3)13(17)16-7-5-11-9-15-10-12(11)6-8-16/h11-12,15H,4-10H2,1-3H3/t11-,12+. The molecule has 2 saturated heterocycles. The van der Waals surface area contributed by atoms with Gasteiger partial charge in [0.25, 0.3) is 0 Å². The Morgan fingerprint density at radius 2 is 1.76 bits per heavy atom. The van der Waals surface area contributed by atoms with E-state index in [4.69, 9.17) is 0 Å². The third kappa shape index (κ3) is 2.65. The third-order valence-corrected chi connectivity index (χ3v) is 4.77. The summed E-state index contributed by atoms with van der Waals surface area (Å²) >= 11 is 0. The first-order valence-electron chi connectivity index (χ1n) is 7.04. The first-order chi connectivity index (χ1) is 8.04. The molecule has 0 aromatic heterocycles. The van der Waals surface area contributed by atoms with Crippen molar-refractivity contribution in [3.8, 4) is 0 Å². The lowest BCUT2D eigenvalue weighted by Crippen LogP contribution is -2.41. The minimum atomic E-state index is -0.183. The number of nitrogens with zero attached hydrogens (tertiary/aromatic N) is 1. The summed E-state index contributed by atoms with van der Waals surface area (Å²) < 4.78 is 0. The lowest BCUT2D eigenvalue weighted by Gasteiger charge is -2.30. The zero-order valence-electron chi connectivity index (χ0n) is 11.5. The highest BCUT2D eigenvalue weighted by Gasteiger charge is 2.35. The molecule has 17 heavy (non-hydrogen) atoms. The monoisotopic (exact) mass is 238 g/mol. The molecule has 2 fully saturated rings. The van der Waals surface area contributed by atoms with Crippen LogP contribution in [0.1, 0.15) is 40.0 Å². The van der Waals surface area contributed by atoms with Crippen LogP contribution >= 0.6 is 0 Å². The van der Waals surface area contributed by atoms with E-state index in [2.05, 4.69) is 31.0 Å². The smallest absolute Gasteiger partial charge is 0.228 e. The third-order valence-electron chi connectivity index (χ3n) is 4.77. The molecule has 0 saturated carbocycles. The molecule has 0 radical (unpaired) electrons. The molecule has 0 spiro atoms. The second-order valence-electron chi connectivity index (χ2n) is 6.29. The van der Waals surface area contributed by atoms with E-state index < -0.39 is 0 Å². The number of hydrogen-bond donors (Lipinski definition) is 1. The van der Waals surface area contributed by atoms with E-state index in [0.29, 0.717) is 5.91 Å². The predicted molar refractivity (Wildman–Crippen MR) is 69.7 cm³/mol. The Kier molecular flexibility index (Phi) is 3.76. The zero-order chi connectivity index (χ0) is 12.5. The molecule has 2 atom stereocenters. The van der Waals surface area contributed by atoms with E-state index in [0.717, 1.165) is 44.4 Å². The molecule has 2 rings (SSSR count). The SMILES string of the molecule is CCC(C)(C)C(=O)N1CC[C@@H]2CNC[C@@H]2CC1. The number of nitrogens with one attached hydrogen (secondary N) is 1. The van der Waals surface area contributed by atoms with Crippen LogP contribution in [0.2, 0.25) is 0 Å². The molecular weight excluding hydrogens is 212 g/mol. The summed E-state index contributed by atoms with van der Waals surface area (Å²) in [4.78, 5) is 14.5. The quantitative estimate of drug-likeness (QED) is 0.796. The van der Waals surface area contributed by atoms with Gasteiger partial charge in [-0.3, -0.25) is 4.79 Å². The molecule has 2 heterocycles. The number of hydrogen-bond acceptors (Lipinski definition) is 2. The first kappa shape index (κ1) is 12.9. The summed E-state index contributed by atoms with van der Waals surface area (Å²) in [7, 11) is 0. The summed E-state index contributed by atoms with van der Waals surface area (Å²) in [5.41, 5.74) is -0.183. The zero-order valence-corrected chi connectivity index (χ0v) is 11.5. The maximum atomic E-state index is 12.4. The van der Waals surface area contributed by atoms with E-state index in [1.165, 1.54) is 12.8 Å². The number of carbonyl (C=O) groups is 1. The summed E-state index contributed by atoms with van der Waals surface area (Å²) in [5, 5.41) is 3.47. The first-order valence-corrected chi connectivity index (χ1v) is 7.04. The van der Waals surface area contributed by atoms with Crippen LogP contribution < -0.4 is 5.32 Å². The van der Waals surface area contributed by atoms with E-state index in [1.807, 2.05) is 0 Å². The Balaban J connectivity index is 1.97. The van der Waals surface area contributed by atoms with Gasteiger partial charge in [-0.2, -0.15) is 0 Å². The van der Waals surface area contributed by atoms with Gasteiger partial charge in [-0.1, -0.05) is 20.8 Å². The van der Waals surface area contributed by atoms with Crippen LogP contribution in [0, 0.1) is 17.3 Å². The number of carbonyl (C=O) groups excluding carboxylic acids is 1. The largest absolute Gasteiger partial charge is 0.342 e. The second-order valence-corrected chi connectivity index (χ2v) is 6.29. The Morgan fingerprint density at radius 1 is 1.24 bits per heavy atom. The normalized spacial score (nSPS) is 29.9. The molecule has 2 aliphatic heterocycles.